The first-order chi connectivity index (χ1) is 13.7. The zero-order valence-electron chi connectivity index (χ0n) is 15.0. The number of nitrogens with zero attached hydrogens (tertiary/aromatic N) is 2. The van der Waals surface area contributed by atoms with Crippen molar-refractivity contribution in [3.63, 3.8) is 0 Å². The van der Waals surface area contributed by atoms with E-state index in [-0.39, 0.29) is 17.8 Å². The molecule has 1 unspecified atom stereocenters. The number of thiazole rings is 1. The lowest BCUT2D eigenvalue weighted by atomic mass is 10.1. The number of aromatic nitrogens is 2. The molecule has 7 heteroatoms. The fraction of sp³-hybridized carbons (Fsp3) is 0.238. The van der Waals surface area contributed by atoms with Crippen LogP contribution in [0.4, 0.5) is 9.52 Å². The number of carbonyl (C=O) groups is 1. The van der Waals surface area contributed by atoms with Crippen LogP contribution < -0.4 is 4.90 Å². The number of benzene rings is 2. The van der Waals surface area contributed by atoms with Crippen molar-refractivity contribution in [3.05, 3.63) is 60.0 Å². The Bertz CT molecular complexity index is 1160. The highest BCUT2D eigenvalue weighted by Crippen LogP contribution is 2.32. The van der Waals surface area contributed by atoms with Crippen LogP contribution in [0.2, 0.25) is 0 Å². The van der Waals surface area contributed by atoms with Crippen LogP contribution in [0.3, 0.4) is 0 Å². The van der Waals surface area contributed by atoms with Crippen molar-refractivity contribution in [2.24, 2.45) is 0 Å². The van der Waals surface area contributed by atoms with Gasteiger partial charge in [-0.15, -0.1) is 0 Å². The molecule has 0 spiro atoms. The van der Waals surface area contributed by atoms with E-state index in [1.807, 2.05) is 24.3 Å². The molecule has 1 N–H and O–H groups in total. The maximum atomic E-state index is 13.6. The molecule has 1 fully saturated rings. The molecule has 1 amide bonds. The number of ether oxygens (including phenoxy) is 1. The molecule has 28 heavy (non-hydrogen) atoms. The zero-order chi connectivity index (χ0) is 19.1. The van der Waals surface area contributed by atoms with Crippen molar-refractivity contribution < 1.29 is 13.9 Å². The number of aromatic amines is 1. The summed E-state index contributed by atoms with van der Waals surface area (Å²) in [6.07, 6.45) is 3.63. The summed E-state index contributed by atoms with van der Waals surface area (Å²) in [6, 6.07) is 12.2. The average molecular weight is 395 g/mol. The van der Waals surface area contributed by atoms with E-state index in [2.05, 4.69) is 9.97 Å². The highest BCUT2D eigenvalue weighted by Gasteiger charge is 2.28. The molecule has 1 saturated heterocycles. The number of carbonyl (C=O) groups excluding carboxylic acids is 1. The third-order valence-corrected chi connectivity index (χ3v) is 6.09. The Labute approximate surface area is 164 Å². The SMILES string of the molecule is O=C(c1c[nH]c2ccccc12)N(CC1CCCO1)c1nc2ccc(F)cc2s1. The predicted molar refractivity (Wildman–Crippen MR) is 109 cm³/mol. The van der Waals surface area contributed by atoms with Crippen LogP contribution in [0.5, 0.6) is 0 Å². The van der Waals surface area contributed by atoms with Gasteiger partial charge in [0.25, 0.3) is 5.91 Å². The van der Waals surface area contributed by atoms with E-state index >= 15 is 0 Å². The van der Waals surface area contributed by atoms with E-state index in [1.165, 1.54) is 23.5 Å². The fourth-order valence-corrected chi connectivity index (χ4v) is 4.63. The van der Waals surface area contributed by atoms with Gasteiger partial charge in [-0.2, -0.15) is 0 Å². The molecule has 142 valence electrons. The number of rotatable bonds is 4. The van der Waals surface area contributed by atoms with Gasteiger partial charge in [-0.1, -0.05) is 29.5 Å². The van der Waals surface area contributed by atoms with Crippen LogP contribution >= 0.6 is 11.3 Å². The number of para-hydroxylation sites is 1. The minimum Gasteiger partial charge on any atom is -0.376 e. The molecule has 3 heterocycles. The zero-order valence-corrected chi connectivity index (χ0v) is 15.8. The first-order valence-electron chi connectivity index (χ1n) is 9.25. The smallest absolute Gasteiger partial charge is 0.262 e. The Hall–Kier alpha value is -2.77. The number of fused-ring (bicyclic) bond motifs is 2. The third-order valence-electron chi connectivity index (χ3n) is 5.05. The van der Waals surface area contributed by atoms with Crippen molar-refractivity contribution in [1.29, 1.82) is 0 Å². The fourth-order valence-electron chi connectivity index (χ4n) is 3.64. The minimum atomic E-state index is -0.309. The van der Waals surface area contributed by atoms with Crippen molar-refractivity contribution in [2.45, 2.75) is 18.9 Å². The summed E-state index contributed by atoms with van der Waals surface area (Å²) in [5.74, 6) is -0.441. The standard InChI is InChI=1S/C21H18FN3O2S/c22-13-7-8-18-19(10-13)28-21(24-18)25(12-14-4-3-9-27-14)20(26)16-11-23-17-6-2-1-5-15(16)17/h1-2,5-8,10-11,14,23H,3-4,9,12H2. The molecular weight excluding hydrogens is 377 g/mol. The first-order valence-corrected chi connectivity index (χ1v) is 10.1. The molecule has 1 aliphatic rings. The molecule has 4 aromatic rings. The normalized spacial score (nSPS) is 16.8. The Morgan fingerprint density at radius 3 is 3.07 bits per heavy atom. The van der Waals surface area contributed by atoms with E-state index in [0.29, 0.717) is 29.4 Å². The lowest BCUT2D eigenvalue weighted by molar-refractivity contribution is 0.0919. The summed E-state index contributed by atoms with van der Waals surface area (Å²) in [7, 11) is 0. The third kappa shape index (κ3) is 3.06. The van der Waals surface area contributed by atoms with Crippen LogP contribution in [0, 0.1) is 5.82 Å². The van der Waals surface area contributed by atoms with E-state index in [1.54, 1.807) is 17.2 Å². The summed E-state index contributed by atoms with van der Waals surface area (Å²) in [5.41, 5.74) is 2.19. The van der Waals surface area contributed by atoms with Crippen LogP contribution in [-0.2, 0) is 4.74 Å². The number of nitrogens with one attached hydrogen (secondary N) is 1. The number of hydrogen-bond acceptors (Lipinski definition) is 4. The highest BCUT2D eigenvalue weighted by molar-refractivity contribution is 7.22. The largest absolute Gasteiger partial charge is 0.376 e. The van der Waals surface area contributed by atoms with Crippen LogP contribution in [0.25, 0.3) is 21.1 Å². The molecule has 1 atom stereocenters. The Balaban J connectivity index is 1.57. The van der Waals surface area contributed by atoms with Crippen LogP contribution in [0.15, 0.2) is 48.7 Å². The monoisotopic (exact) mass is 395 g/mol. The van der Waals surface area contributed by atoms with Gasteiger partial charge in [0.05, 0.1) is 28.4 Å². The van der Waals surface area contributed by atoms with Gasteiger partial charge < -0.3 is 9.72 Å². The Morgan fingerprint density at radius 2 is 2.21 bits per heavy atom. The van der Waals surface area contributed by atoms with Gasteiger partial charge in [0.2, 0.25) is 0 Å². The molecular formula is C21H18FN3O2S. The molecule has 5 nitrogen and oxygen atoms in total. The second kappa shape index (κ2) is 7.00. The maximum absolute atomic E-state index is 13.6. The molecule has 5 rings (SSSR count). The summed E-state index contributed by atoms with van der Waals surface area (Å²) >= 11 is 1.32. The van der Waals surface area contributed by atoms with Gasteiger partial charge in [-0.3, -0.25) is 9.69 Å². The number of amides is 1. The van der Waals surface area contributed by atoms with Gasteiger partial charge in [0, 0.05) is 23.7 Å². The summed E-state index contributed by atoms with van der Waals surface area (Å²) in [6.45, 7) is 1.14. The summed E-state index contributed by atoms with van der Waals surface area (Å²) < 4.78 is 20.1. The van der Waals surface area contributed by atoms with E-state index in [9.17, 15) is 9.18 Å². The van der Waals surface area contributed by atoms with Crippen LogP contribution in [0.1, 0.15) is 23.2 Å². The second-order valence-electron chi connectivity index (χ2n) is 6.91. The van der Waals surface area contributed by atoms with Gasteiger partial charge >= 0.3 is 0 Å². The molecule has 0 aliphatic carbocycles. The molecule has 0 radical (unpaired) electrons. The summed E-state index contributed by atoms with van der Waals surface area (Å²) in [4.78, 5) is 22.9. The van der Waals surface area contributed by atoms with Crippen LogP contribution in [-0.4, -0.2) is 35.1 Å². The molecule has 1 aliphatic heterocycles. The molecule has 0 bridgehead atoms. The Morgan fingerprint density at radius 1 is 1.32 bits per heavy atom. The lowest BCUT2D eigenvalue weighted by Gasteiger charge is -2.22. The number of halogens is 1. The molecule has 2 aromatic heterocycles. The highest BCUT2D eigenvalue weighted by atomic mass is 32.1. The Kier molecular flexibility index (Phi) is 4.33. The van der Waals surface area contributed by atoms with Gasteiger partial charge in [-0.05, 0) is 37.1 Å². The predicted octanol–water partition coefficient (Wildman–Crippen LogP) is 4.74. The van der Waals surface area contributed by atoms with Gasteiger partial charge in [-0.25, -0.2) is 9.37 Å². The number of H-pyrrole nitrogens is 1. The topological polar surface area (TPSA) is 58.2 Å². The van der Waals surface area contributed by atoms with Crippen molar-refractivity contribution in [1.82, 2.24) is 9.97 Å². The second-order valence-corrected chi connectivity index (χ2v) is 7.92. The van der Waals surface area contributed by atoms with E-state index < -0.39 is 0 Å². The maximum Gasteiger partial charge on any atom is 0.262 e. The quantitative estimate of drug-likeness (QED) is 0.543. The minimum absolute atomic E-state index is 0.0158. The van der Waals surface area contributed by atoms with Crippen molar-refractivity contribution in [2.75, 3.05) is 18.1 Å². The van der Waals surface area contributed by atoms with Gasteiger partial charge in [0.15, 0.2) is 5.13 Å². The first kappa shape index (κ1) is 17.3. The number of anilines is 1. The molecule has 2 aromatic carbocycles. The van der Waals surface area contributed by atoms with E-state index in [4.69, 9.17) is 4.74 Å². The lowest BCUT2D eigenvalue weighted by Crippen LogP contribution is -2.37. The van der Waals surface area contributed by atoms with E-state index in [0.717, 1.165) is 28.4 Å². The molecule has 0 saturated carbocycles. The van der Waals surface area contributed by atoms with Crippen molar-refractivity contribution >= 4 is 43.5 Å². The summed E-state index contributed by atoms with van der Waals surface area (Å²) in [5, 5.41) is 1.43. The van der Waals surface area contributed by atoms with Gasteiger partial charge in [0.1, 0.15) is 5.82 Å². The number of hydrogen-bond donors (Lipinski definition) is 1. The van der Waals surface area contributed by atoms with Crippen molar-refractivity contribution in [3.8, 4) is 0 Å². The average Bonchev–Trinajstić information content (AvgIpc) is 3.44.